The Morgan fingerprint density at radius 2 is 1.52 bits per heavy atom. The van der Waals surface area contributed by atoms with Crippen molar-refractivity contribution in [2.45, 2.75) is 32.5 Å². The lowest BCUT2D eigenvalue weighted by molar-refractivity contribution is -0.139. The molecule has 0 aliphatic heterocycles. The van der Waals surface area contributed by atoms with Crippen molar-refractivity contribution in [1.29, 1.82) is 0 Å². The zero-order valence-corrected chi connectivity index (χ0v) is 18.7. The van der Waals surface area contributed by atoms with Gasteiger partial charge in [0.2, 0.25) is 11.8 Å². The maximum absolute atomic E-state index is 13.3. The topological polar surface area (TPSA) is 49.4 Å². The lowest BCUT2D eigenvalue weighted by Crippen LogP contribution is -2.49. The first-order valence-electron chi connectivity index (χ1n) is 10.0. The van der Waals surface area contributed by atoms with Crippen LogP contribution < -0.4 is 5.32 Å². The van der Waals surface area contributed by atoms with Crippen LogP contribution in [-0.2, 0) is 29.1 Å². The maximum Gasteiger partial charge on any atom is 0.243 e. The Morgan fingerprint density at radius 3 is 2.16 bits per heavy atom. The van der Waals surface area contributed by atoms with Gasteiger partial charge in [0.05, 0.1) is 0 Å². The monoisotopic (exact) mass is 454 g/mol. The Kier molecular flexibility index (Phi) is 8.10. The minimum atomic E-state index is -0.668. The van der Waals surface area contributed by atoms with Gasteiger partial charge in [-0.05, 0) is 34.9 Å². The zero-order chi connectivity index (χ0) is 22.2. The number of rotatable bonds is 8. The smallest absolute Gasteiger partial charge is 0.243 e. The van der Waals surface area contributed by atoms with Crippen molar-refractivity contribution in [2.24, 2.45) is 0 Å². The molecule has 31 heavy (non-hydrogen) atoms. The summed E-state index contributed by atoms with van der Waals surface area (Å²) in [7, 11) is 0. The summed E-state index contributed by atoms with van der Waals surface area (Å²) >= 11 is 12.2. The lowest BCUT2D eigenvalue weighted by atomic mass is 10.0. The van der Waals surface area contributed by atoms with E-state index < -0.39 is 6.04 Å². The van der Waals surface area contributed by atoms with E-state index in [9.17, 15) is 9.59 Å². The average Bonchev–Trinajstić information content (AvgIpc) is 2.77. The van der Waals surface area contributed by atoms with Crippen LogP contribution in [-0.4, -0.2) is 22.8 Å². The predicted octanol–water partition coefficient (Wildman–Crippen LogP) is 5.27. The first-order valence-corrected chi connectivity index (χ1v) is 10.8. The summed E-state index contributed by atoms with van der Waals surface area (Å²) in [6, 6.07) is 23.6. The van der Waals surface area contributed by atoms with Crippen LogP contribution in [0, 0.1) is 0 Å². The summed E-state index contributed by atoms with van der Waals surface area (Å²) in [5, 5.41) is 4.16. The van der Waals surface area contributed by atoms with Crippen molar-refractivity contribution in [3.63, 3.8) is 0 Å². The fraction of sp³-hybridized carbons (Fsp3) is 0.200. The van der Waals surface area contributed by atoms with E-state index in [2.05, 4.69) is 5.32 Å². The number of nitrogens with one attached hydrogen (secondary N) is 1. The second kappa shape index (κ2) is 11.0. The molecule has 0 aliphatic carbocycles. The predicted molar refractivity (Wildman–Crippen MR) is 125 cm³/mol. The highest BCUT2D eigenvalue weighted by molar-refractivity contribution is 6.31. The first-order chi connectivity index (χ1) is 14.9. The largest absolute Gasteiger partial charge is 0.350 e. The fourth-order valence-corrected chi connectivity index (χ4v) is 3.68. The average molecular weight is 455 g/mol. The number of benzene rings is 3. The molecule has 6 heteroatoms. The summed E-state index contributed by atoms with van der Waals surface area (Å²) < 4.78 is 0. The van der Waals surface area contributed by atoms with Gasteiger partial charge >= 0.3 is 0 Å². The Morgan fingerprint density at radius 1 is 0.871 bits per heavy atom. The zero-order valence-electron chi connectivity index (χ0n) is 17.2. The highest BCUT2D eigenvalue weighted by Gasteiger charge is 2.28. The number of nitrogens with zero attached hydrogens (tertiary/aromatic N) is 1. The van der Waals surface area contributed by atoms with E-state index in [1.54, 1.807) is 23.1 Å². The summed E-state index contributed by atoms with van der Waals surface area (Å²) in [4.78, 5) is 27.4. The highest BCUT2D eigenvalue weighted by atomic mass is 35.5. The van der Waals surface area contributed by atoms with Gasteiger partial charge in [-0.1, -0.05) is 83.9 Å². The van der Waals surface area contributed by atoms with Gasteiger partial charge in [0, 0.05) is 36.5 Å². The van der Waals surface area contributed by atoms with Gasteiger partial charge in [-0.3, -0.25) is 9.59 Å². The van der Waals surface area contributed by atoms with Crippen molar-refractivity contribution < 1.29 is 9.59 Å². The van der Waals surface area contributed by atoms with Crippen molar-refractivity contribution in [2.75, 3.05) is 0 Å². The van der Waals surface area contributed by atoms with Crippen LogP contribution in [0.25, 0.3) is 0 Å². The van der Waals surface area contributed by atoms with Crippen molar-refractivity contribution in [3.8, 4) is 0 Å². The van der Waals surface area contributed by atoms with Crippen LogP contribution in [0.3, 0.4) is 0 Å². The Hall–Kier alpha value is -2.82. The molecule has 0 bridgehead atoms. The Balaban J connectivity index is 1.83. The molecule has 0 unspecified atom stereocenters. The van der Waals surface area contributed by atoms with E-state index in [0.29, 0.717) is 23.0 Å². The molecular formula is C25H24Cl2N2O2. The number of carbonyl (C=O) groups excluding carboxylic acids is 2. The molecule has 4 nitrogen and oxygen atoms in total. The maximum atomic E-state index is 13.3. The number of halogens is 2. The molecule has 160 valence electrons. The minimum absolute atomic E-state index is 0.177. The molecule has 0 saturated heterocycles. The molecule has 0 radical (unpaired) electrons. The van der Waals surface area contributed by atoms with Crippen LogP contribution in [0.5, 0.6) is 0 Å². The second-order valence-electron chi connectivity index (χ2n) is 7.29. The van der Waals surface area contributed by atoms with Gasteiger partial charge in [-0.25, -0.2) is 0 Å². The SMILES string of the molecule is CC(=O)N(Cc1ccc(Cl)cc1)[C@@H](Cc1ccccc1)C(=O)NCc1ccccc1Cl. The normalized spacial score (nSPS) is 11.6. The second-order valence-corrected chi connectivity index (χ2v) is 8.13. The van der Waals surface area contributed by atoms with Crippen LogP contribution in [0.2, 0.25) is 10.0 Å². The Labute approximate surface area is 192 Å². The van der Waals surface area contributed by atoms with E-state index in [4.69, 9.17) is 23.2 Å². The fourth-order valence-electron chi connectivity index (χ4n) is 3.35. The molecule has 0 aromatic heterocycles. The van der Waals surface area contributed by atoms with Crippen LogP contribution >= 0.6 is 23.2 Å². The number of hydrogen-bond donors (Lipinski definition) is 1. The summed E-state index contributed by atoms with van der Waals surface area (Å²) in [5.41, 5.74) is 2.70. The van der Waals surface area contributed by atoms with E-state index >= 15 is 0 Å². The molecule has 1 atom stereocenters. The van der Waals surface area contributed by atoms with E-state index in [1.807, 2.05) is 60.7 Å². The third kappa shape index (κ3) is 6.58. The van der Waals surface area contributed by atoms with Gasteiger partial charge in [0.25, 0.3) is 0 Å². The quantitative estimate of drug-likeness (QED) is 0.503. The molecule has 3 aromatic rings. The van der Waals surface area contributed by atoms with Gasteiger partial charge in [-0.2, -0.15) is 0 Å². The van der Waals surface area contributed by atoms with E-state index in [-0.39, 0.29) is 18.4 Å². The molecule has 0 heterocycles. The molecule has 3 rings (SSSR count). The van der Waals surface area contributed by atoms with Crippen molar-refractivity contribution in [1.82, 2.24) is 10.2 Å². The minimum Gasteiger partial charge on any atom is -0.350 e. The van der Waals surface area contributed by atoms with Crippen LogP contribution in [0.4, 0.5) is 0 Å². The third-order valence-corrected chi connectivity index (χ3v) is 5.65. The van der Waals surface area contributed by atoms with Gasteiger partial charge in [-0.15, -0.1) is 0 Å². The molecule has 1 N–H and O–H groups in total. The van der Waals surface area contributed by atoms with Gasteiger partial charge in [0.1, 0.15) is 6.04 Å². The Bertz CT molecular complexity index is 1020. The van der Waals surface area contributed by atoms with Crippen molar-refractivity contribution >= 4 is 35.0 Å². The summed E-state index contributed by atoms with van der Waals surface area (Å²) in [6.07, 6.45) is 0.405. The molecule has 0 spiro atoms. The molecule has 0 fully saturated rings. The molecular weight excluding hydrogens is 431 g/mol. The van der Waals surface area contributed by atoms with Gasteiger partial charge < -0.3 is 10.2 Å². The first kappa shape index (κ1) is 22.9. The summed E-state index contributed by atoms with van der Waals surface area (Å²) in [6.45, 7) is 2.08. The molecule has 2 amide bonds. The summed E-state index contributed by atoms with van der Waals surface area (Å²) in [5.74, 6) is -0.406. The molecule has 0 saturated carbocycles. The van der Waals surface area contributed by atoms with Crippen molar-refractivity contribution in [3.05, 3.63) is 106 Å². The number of hydrogen-bond acceptors (Lipinski definition) is 2. The standard InChI is InChI=1S/C25H24Cl2N2O2/c1-18(30)29(17-20-11-13-22(26)14-12-20)24(15-19-7-3-2-4-8-19)25(31)28-16-21-9-5-6-10-23(21)27/h2-14,24H,15-17H2,1H3,(H,28,31)/t24-/m0/s1. The van der Waals surface area contributed by atoms with E-state index in [0.717, 1.165) is 16.7 Å². The molecule has 0 aliphatic rings. The van der Waals surface area contributed by atoms with Crippen LogP contribution in [0.15, 0.2) is 78.9 Å². The van der Waals surface area contributed by atoms with Gasteiger partial charge in [0.15, 0.2) is 0 Å². The lowest BCUT2D eigenvalue weighted by Gasteiger charge is -2.30. The van der Waals surface area contributed by atoms with Crippen LogP contribution in [0.1, 0.15) is 23.6 Å². The third-order valence-electron chi connectivity index (χ3n) is 5.03. The highest BCUT2D eigenvalue weighted by Crippen LogP contribution is 2.18. The molecule has 3 aromatic carbocycles. The number of carbonyl (C=O) groups is 2. The number of amides is 2. The van der Waals surface area contributed by atoms with E-state index in [1.165, 1.54) is 6.92 Å².